The van der Waals surface area contributed by atoms with Gasteiger partial charge in [-0.1, -0.05) is 26.8 Å². The molecular weight excluding hydrogens is 239 g/mol. The van der Waals surface area contributed by atoms with Gasteiger partial charge in [0.1, 0.15) is 0 Å². The van der Waals surface area contributed by atoms with Crippen LogP contribution in [0.2, 0.25) is 0 Å². The van der Waals surface area contributed by atoms with Crippen LogP contribution in [0.5, 0.6) is 0 Å². The standard InChI is InChI=1S/C14H20Cl2/c1-4-12-10(8-15)7-11(9-16)13(5-2)14(12)6-3/h7H,4-6,8-9H2,1-3H3. The number of halogens is 2. The van der Waals surface area contributed by atoms with Crippen molar-refractivity contribution in [2.75, 3.05) is 0 Å². The molecule has 0 saturated carbocycles. The zero-order valence-corrected chi connectivity index (χ0v) is 11.9. The van der Waals surface area contributed by atoms with Crippen LogP contribution < -0.4 is 0 Å². The Morgan fingerprint density at radius 2 is 1.12 bits per heavy atom. The summed E-state index contributed by atoms with van der Waals surface area (Å²) in [6, 6.07) is 2.19. The summed E-state index contributed by atoms with van der Waals surface area (Å²) in [4.78, 5) is 0. The van der Waals surface area contributed by atoms with Gasteiger partial charge in [0.25, 0.3) is 0 Å². The van der Waals surface area contributed by atoms with Crippen LogP contribution in [0.4, 0.5) is 0 Å². The van der Waals surface area contributed by atoms with Crippen LogP contribution in [0.15, 0.2) is 6.07 Å². The molecule has 1 rings (SSSR count). The molecule has 0 unspecified atom stereocenters. The molecule has 0 amide bonds. The second kappa shape index (κ2) is 6.51. The average Bonchev–Trinajstić information content (AvgIpc) is 2.35. The Morgan fingerprint density at radius 3 is 1.38 bits per heavy atom. The Kier molecular flexibility index (Phi) is 5.64. The predicted molar refractivity (Wildman–Crippen MR) is 73.7 cm³/mol. The highest BCUT2D eigenvalue weighted by atomic mass is 35.5. The van der Waals surface area contributed by atoms with Crippen molar-refractivity contribution < 1.29 is 0 Å². The van der Waals surface area contributed by atoms with Gasteiger partial charge in [-0.05, 0) is 47.1 Å². The van der Waals surface area contributed by atoms with E-state index < -0.39 is 0 Å². The molecule has 0 heterocycles. The first-order chi connectivity index (χ1) is 7.73. The normalized spacial score (nSPS) is 10.8. The van der Waals surface area contributed by atoms with Gasteiger partial charge in [0.2, 0.25) is 0 Å². The number of rotatable bonds is 5. The lowest BCUT2D eigenvalue weighted by Crippen LogP contribution is -2.05. The van der Waals surface area contributed by atoms with Gasteiger partial charge in [0.15, 0.2) is 0 Å². The van der Waals surface area contributed by atoms with Gasteiger partial charge < -0.3 is 0 Å². The van der Waals surface area contributed by atoms with Crippen molar-refractivity contribution >= 4 is 23.2 Å². The predicted octanol–water partition coefficient (Wildman–Crippen LogP) is 4.85. The zero-order chi connectivity index (χ0) is 12.1. The third-order valence-electron chi connectivity index (χ3n) is 3.20. The van der Waals surface area contributed by atoms with Gasteiger partial charge in [0.05, 0.1) is 0 Å². The molecule has 0 bridgehead atoms. The van der Waals surface area contributed by atoms with E-state index in [2.05, 4.69) is 26.8 Å². The van der Waals surface area contributed by atoms with E-state index in [1.165, 1.54) is 27.8 Å². The van der Waals surface area contributed by atoms with Crippen LogP contribution in [0.1, 0.15) is 48.6 Å². The molecule has 16 heavy (non-hydrogen) atoms. The number of alkyl halides is 2. The summed E-state index contributed by atoms with van der Waals surface area (Å²) in [6.07, 6.45) is 3.18. The summed E-state index contributed by atoms with van der Waals surface area (Å²) in [5.41, 5.74) is 6.85. The topological polar surface area (TPSA) is 0 Å². The minimum atomic E-state index is 0.587. The Labute approximate surface area is 109 Å². The fraction of sp³-hybridized carbons (Fsp3) is 0.571. The van der Waals surface area contributed by atoms with Gasteiger partial charge >= 0.3 is 0 Å². The average molecular weight is 259 g/mol. The molecule has 0 nitrogen and oxygen atoms in total. The maximum absolute atomic E-state index is 6.02. The van der Waals surface area contributed by atoms with Gasteiger partial charge in [-0.25, -0.2) is 0 Å². The molecule has 0 N–H and O–H groups in total. The molecule has 0 saturated heterocycles. The van der Waals surface area contributed by atoms with Crippen molar-refractivity contribution in [3.63, 3.8) is 0 Å². The van der Waals surface area contributed by atoms with E-state index in [9.17, 15) is 0 Å². The van der Waals surface area contributed by atoms with Gasteiger partial charge in [-0.2, -0.15) is 0 Å². The van der Waals surface area contributed by atoms with Crippen molar-refractivity contribution in [3.8, 4) is 0 Å². The highest BCUT2D eigenvalue weighted by Gasteiger charge is 2.13. The lowest BCUT2D eigenvalue weighted by atomic mass is 9.88. The third kappa shape index (κ3) is 2.55. The smallest absolute Gasteiger partial charge is 0.0477 e. The summed E-state index contributed by atoms with van der Waals surface area (Å²) in [6.45, 7) is 6.61. The van der Waals surface area contributed by atoms with Crippen molar-refractivity contribution in [1.82, 2.24) is 0 Å². The Balaban J connectivity index is 3.47. The van der Waals surface area contributed by atoms with E-state index in [-0.39, 0.29) is 0 Å². The second-order valence-corrected chi connectivity index (χ2v) is 4.49. The van der Waals surface area contributed by atoms with Crippen LogP contribution in [0.3, 0.4) is 0 Å². The maximum atomic E-state index is 6.02. The monoisotopic (exact) mass is 258 g/mol. The van der Waals surface area contributed by atoms with Gasteiger partial charge in [-0.3, -0.25) is 0 Å². The second-order valence-electron chi connectivity index (χ2n) is 3.96. The fourth-order valence-electron chi connectivity index (χ4n) is 2.50. The first-order valence-corrected chi connectivity index (χ1v) is 7.07. The molecule has 0 aliphatic heterocycles. The van der Waals surface area contributed by atoms with Crippen molar-refractivity contribution in [1.29, 1.82) is 0 Å². The van der Waals surface area contributed by atoms with Crippen LogP contribution in [0, 0.1) is 0 Å². The first-order valence-electron chi connectivity index (χ1n) is 6.00. The number of hydrogen-bond donors (Lipinski definition) is 0. The minimum absolute atomic E-state index is 0.587. The van der Waals surface area contributed by atoms with E-state index in [1.54, 1.807) is 0 Å². The molecule has 0 aliphatic rings. The molecule has 0 radical (unpaired) electrons. The van der Waals surface area contributed by atoms with Crippen molar-refractivity contribution in [2.24, 2.45) is 0 Å². The van der Waals surface area contributed by atoms with E-state index in [0.717, 1.165) is 19.3 Å². The summed E-state index contributed by atoms with van der Waals surface area (Å²) in [7, 11) is 0. The SMILES string of the molecule is CCc1c(CCl)cc(CCl)c(CC)c1CC. The van der Waals surface area contributed by atoms with E-state index in [4.69, 9.17) is 23.2 Å². The van der Waals surface area contributed by atoms with E-state index >= 15 is 0 Å². The molecule has 0 atom stereocenters. The van der Waals surface area contributed by atoms with Gasteiger partial charge in [0, 0.05) is 11.8 Å². The summed E-state index contributed by atoms with van der Waals surface area (Å²) >= 11 is 12.0. The number of benzene rings is 1. The maximum Gasteiger partial charge on any atom is 0.0477 e. The van der Waals surface area contributed by atoms with Crippen molar-refractivity contribution in [3.05, 3.63) is 33.9 Å². The van der Waals surface area contributed by atoms with Crippen LogP contribution in [-0.2, 0) is 31.0 Å². The summed E-state index contributed by atoms with van der Waals surface area (Å²) < 4.78 is 0. The highest BCUT2D eigenvalue weighted by molar-refractivity contribution is 6.18. The van der Waals surface area contributed by atoms with Crippen LogP contribution in [-0.4, -0.2) is 0 Å². The Morgan fingerprint density at radius 1 is 0.750 bits per heavy atom. The molecule has 0 fully saturated rings. The molecular formula is C14H20Cl2. The highest BCUT2D eigenvalue weighted by Crippen LogP contribution is 2.27. The quantitative estimate of drug-likeness (QED) is 0.663. The molecule has 2 heteroatoms. The summed E-state index contributed by atoms with van der Waals surface area (Å²) in [5.74, 6) is 1.17. The van der Waals surface area contributed by atoms with Gasteiger partial charge in [-0.15, -0.1) is 23.2 Å². The lowest BCUT2D eigenvalue weighted by Gasteiger charge is -2.19. The fourth-order valence-corrected chi connectivity index (χ4v) is 2.98. The molecule has 0 aliphatic carbocycles. The molecule has 1 aromatic carbocycles. The van der Waals surface area contributed by atoms with Crippen LogP contribution in [0.25, 0.3) is 0 Å². The molecule has 0 aromatic heterocycles. The Bertz CT molecular complexity index is 326. The summed E-state index contributed by atoms with van der Waals surface area (Å²) in [5, 5.41) is 0. The number of hydrogen-bond acceptors (Lipinski definition) is 0. The van der Waals surface area contributed by atoms with Crippen LogP contribution >= 0.6 is 23.2 Å². The zero-order valence-electron chi connectivity index (χ0n) is 10.4. The van der Waals surface area contributed by atoms with Crippen molar-refractivity contribution in [2.45, 2.75) is 51.8 Å². The molecule has 1 aromatic rings. The molecule has 0 spiro atoms. The van der Waals surface area contributed by atoms with E-state index in [0.29, 0.717) is 11.8 Å². The lowest BCUT2D eigenvalue weighted by molar-refractivity contribution is 0.948. The third-order valence-corrected chi connectivity index (χ3v) is 3.78. The largest absolute Gasteiger partial charge is 0.122 e. The first kappa shape index (κ1) is 13.9. The molecule has 90 valence electrons. The van der Waals surface area contributed by atoms with E-state index in [1.807, 2.05) is 0 Å². The Hall–Kier alpha value is -0.200. The minimum Gasteiger partial charge on any atom is -0.122 e.